The first-order chi connectivity index (χ1) is 7.16. The molecule has 0 aliphatic carbocycles. The highest BCUT2D eigenvalue weighted by Gasteiger charge is 2.10. The zero-order chi connectivity index (χ0) is 12.4. The number of halogens is 2. The van der Waals surface area contributed by atoms with E-state index in [0.29, 0.717) is 0 Å². The second-order valence-corrected chi connectivity index (χ2v) is 6.71. The van der Waals surface area contributed by atoms with Crippen LogP contribution in [0, 0.1) is 0 Å². The first-order valence-electron chi connectivity index (χ1n) is 5.84. The van der Waals surface area contributed by atoms with Crippen molar-refractivity contribution in [2.75, 3.05) is 42.3 Å². The van der Waals surface area contributed by atoms with E-state index in [1.54, 1.807) is 0 Å². The van der Waals surface area contributed by atoms with Crippen molar-refractivity contribution in [3.05, 3.63) is 35.4 Å². The second-order valence-electron chi connectivity index (χ2n) is 6.71. The average molecular weight is 476 g/mol. The van der Waals surface area contributed by atoms with E-state index in [1.165, 1.54) is 11.1 Å². The van der Waals surface area contributed by atoms with Gasteiger partial charge in [-0.2, -0.15) is 0 Å². The van der Waals surface area contributed by atoms with Crippen molar-refractivity contribution < 1.29 is 56.9 Å². The summed E-state index contributed by atoms with van der Waals surface area (Å²) in [7, 11) is 13.3. The van der Waals surface area contributed by atoms with Crippen molar-refractivity contribution in [2.24, 2.45) is 0 Å². The summed E-state index contributed by atoms with van der Waals surface area (Å²) in [5.74, 6) is 0. The fraction of sp³-hybridized carbons (Fsp3) is 0.571. The van der Waals surface area contributed by atoms with Gasteiger partial charge in [-0.3, -0.25) is 0 Å². The number of nitrogens with zero attached hydrogens (tertiary/aromatic N) is 2. The van der Waals surface area contributed by atoms with Crippen LogP contribution < -0.4 is 48.0 Å². The van der Waals surface area contributed by atoms with Gasteiger partial charge in [-0.05, 0) is 0 Å². The van der Waals surface area contributed by atoms with Gasteiger partial charge >= 0.3 is 0 Å². The van der Waals surface area contributed by atoms with Gasteiger partial charge < -0.3 is 56.9 Å². The van der Waals surface area contributed by atoms with Crippen LogP contribution in [0.3, 0.4) is 0 Å². The molecule has 0 aliphatic rings. The van der Waals surface area contributed by atoms with E-state index in [-0.39, 0.29) is 48.0 Å². The van der Waals surface area contributed by atoms with Gasteiger partial charge in [-0.1, -0.05) is 24.3 Å². The molecule has 0 fully saturated rings. The fourth-order valence-electron chi connectivity index (χ4n) is 1.85. The molecule has 0 saturated heterocycles. The molecule has 1 rings (SSSR count). The summed E-state index contributed by atoms with van der Waals surface area (Å²) < 4.78 is 1.96. The van der Waals surface area contributed by atoms with Crippen LogP contribution in [0.1, 0.15) is 11.1 Å². The van der Waals surface area contributed by atoms with E-state index in [9.17, 15) is 0 Å². The Bertz CT molecular complexity index is 299. The Balaban J connectivity index is 0. The molecule has 0 heterocycles. The van der Waals surface area contributed by atoms with E-state index in [0.717, 1.165) is 22.1 Å². The van der Waals surface area contributed by atoms with Gasteiger partial charge in [0.2, 0.25) is 0 Å². The molecular weight excluding hydrogens is 450 g/mol. The molecule has 18 heavy (non-hydrogen) atoms. The Morgan fingerprint density at radius 1 is 0.611 bits per heavy atom. The lowest BCUT2D eigenvalue weighted by atomic mass is 10.1. The van der Waals surface area contributed by atoms with E-state index >= 15 is 0 Å². The summed E-state index contributed by atoms with van der Waals surface area (Å²) in [4.78, 5) is 0. The summed E-state index contributed by atoms with van der Waals surface area (Å²) in [6, 6.07) is 9.03. The Labute approximate surface area is 147 Å². The Morgan fingerprint density at radius 3 is 1.00 bits per heavy atom. The molecule has 0 aromatic heterocycles. The van der Waals surface area contributed by atoms with Crippen LogP contribution in [0.5, 0.6) is 0 Å². The quantitative estimate of drug-likeness (QED) is 0.308. The molecular formula is C14H26I2N2. The zero-order valence-electron chi connectivity index (χ0n) is 12.4. The summed E-state index contributed by atoms with van der Waals surface area (Å²) in [5, 5.41) is 0. The van der Waals surface area contributed by atoms with Crippen molar-refractivity contribution in [3.63, 3.8) is 0 Å². The lowest BCUT2D eigenvalue weighted by Crippen LogP contribution is -3.00. The molecule has 0 bridgehead atoms. The van der Waals surface area contributed by atoms with Gasteiger partial charge in [0.1, 0.15) is 13.1 Å². The summed E-state index contributed by atoms with van der Waals surface area (Å²) >= 11 is 0. The van der Waals surface area contributed by atoms with Gasteiger partial charge in [0, 0.05) is 11.1 Å². The SMILES string of the molecule is C[N+](C)(C)Cc1ccc(C[N+](C)(C)C)cc1.[I-].[I-]. The molecule has 0 aliphatic heterocycles. The van der Waals surface area contributed by atoms with Crippen molar-refractivity contribution in [1.82, 2.24) is 0 Å². The third-order valence-corrected chi connectivity index (χ3v) is 2.34. The van der Waals surface area contributed by atoms with Crippen molar-refractivity contribution in [2.45, 2.75) is 13.1 Å². The lowest BCUT2D eigenvalue weighted by Gasteiger charge is -2.25. The molecule has 106 valence electrons. The van der Waals surface area contributed by atoms with E-state index in [1.807, 2.05) is 0 Å². The minimum absolute atomic E-state index is 0. The van der Waals surface area contributed by atoms with Crippen LogP contribution >= 0.6 is 0 Å². The van der Waals surface area contributed by atoms with Crippen LogP contribution in [0.25, 0.3) is 0 Å². The predicted octanol–water partition coefficient (Wildman–Crippen LogP) is -3.89. The highest BCUT2D eigenvalue weighted by atomic mass is 127. The average Bonchev–Trinajstić information content (AvgIpc) is 2.03. The molecule has 0 spiro atoms. The molecule has 0 radical (unpaired) electrons. The maximum absolute atomic E-state index is 2.26. The second kappa shape index (κ2) is 8.01. The minimum atomic E-state index is 0. The highest BCUT2D eigenvalue weighted by Crippen LogP contribution is 2.11. The maximum atomic E-state index is 2.26. The summed E-state index contributed by atoms with van der Waals surface area (Å²) in [6.07, 6.45) is 0. The molecule has 2 nitrogen and oxygen atoms in total. The fourth-order valence-corrected chi connectivity index (χ4v) is 1.85. The molecule has 0 atom stereocenters. The monoisotopic (exact) mass is 476 g/mol. The van der Waals surface area contributed by atoms with E-state index in [4.69, 9.17) is 0 Å². The number of quaternary nitrogens is 2. The van der Waals surface area contributed by atoms with Crippen LogP contribution in [0.2, 0.25) is 0 Å². The maximum Gasteiger partial charge on any atom is 0.104 e. The molecule has 0 amide bonds. The van der Waals surface area contributed by atoms with Crippen molar-refractivity contribution in [1.29, 1.82) is 0 Å². The molecule has 0 N–H and O–H groups in total. The van der Waals surface area contributed by atoms with Crippen LogP contribution in [-0.4, -0.2) is 51.3 Å². The highest BCUT2D eigenvalue weighted by molar-refractivity contribution is 5.21. The molecule has 1 aromatic rings. The van der Waals surface area contributed by atoms with Gasteiger partial charge in [-0.25, -0.2) is 0 Å². The molecule has 0 saturated carbocycles. The number of hydrogen-bond donors (Lipinski definition) is 0. The van der Waals surface area contributed by atoms with Crippen LogP contribution in [-0.2, 0) is 13.1 Å². The Kier molecular flexibility index (Phi) is 9.31. The topological polar surface area (TPSA) is 0 Å². The minimum Gasteiger partial charge on any atom is -1.00 e. The predicted molar refractivity (Wildman–Crippen MR) is 69.9 cm³/mol. The molecule has 4 heteroatoms. The van der Waals surface area contributed by atoms with Crippen molar-refractivity contribution in [3.8, 4) is 0 Å². The summed E-state index contributed by atoms with van der Waals surface area (Å²) in [5.41, 5.74) is 2.83. The smallest absolute Gasteiger partial charge is 0.104 e. The summed E-state index contributed by atoms with van der Waals surface area (Å²) in [6.45, 7) is 2.18. The number of hydrogen-bond acceptors (Lipinski definition) is 0. The normalized spacial score (nSPS) is 11.4. The molecule has 0 unspecified atom stereocenters. The van der Waals surface area contributed by atoms with Crippen LogP contribution in [0.4, 0.5) is 0 Å². The van der Waals surface area contributed by atoms with Crippen molar-refractivity contribution >= 4 is 0 Å². The van der Waals surface area contributed by atoms with Gasteiger partial charge in [0.25, 0.3) is 0 Å². The van der Waals surface area contributed by atoms with Gasteiger partial charge in [0.05, 0.1) is 42.3 Å². The first kappa shape index (κ1) is 20.9. The van der Waals surface area contributed by atoms with Gasteiger partial charge in [0.15, 0.2) is 0 Å². The Hall–Kier alpha value is 0.600. The van der Waals surface area contributed by atoms with E-state index < -0.39 is 0 Å². The third kappa shape index (κ3) is 9.52. The third-order valence-electron chi connectivity index (χ3n) is 2.34. The largest absolute Gasteiger partial charge is 1.00 e. The van der Waals surface area contributed by atoms with Gasteiger partial charge in [-0.15, -0.1) is 0 Å². The van der Waals surface area contributed by atoms with E-state index in [2.05, 4.69) is 66.6 Å². The Morgan fingerprint density at radius 2 is 0.833 bits per heavy atom. The number of benzene rings is 1. The van der Waals surface area contributed by atoms with Crippen LogP contribution in [0.15, 0.2) is 24.3 Å². The standard InChI is InChI=1S/C14H26N2.2HI/c1-15(2,3)11-13-7-9-14(10-8-13)12-16(4,5)6;;/h7-10H,11-12H2,1-6H3;2*1H/q+2;;/p-2. The number of rotatable bonds is 4. The lowest BCUT2D eigenvalue weighted by molar-refractivity contribution is -0.884. The first-order valence-corrected chi connectivity index (χ1v) is 5.84. The molecule has 1 aromatic carbocycles. The zero-order valence-corrected chi connectivity index (χ0v) is 16.7.